The molecule has 35 nitrogen and oxygen atoms in total. The number of carbonyl (C=O) groups is 9. The van der Waals surface area contributed by atoms with Gasteiger partial charge in [0, 0.05) is 128 Å². The molecule has 1 saturated carbocycles. The molecule has 9 amide bonds. The van der Waals surface area contributed by atoms with Gasteiger partial charge in [-0.05, 0) is 77.9 Å². The van der Waals surface area contributed by atoms with Crippen LogP contribution in [0.1, 0.15) is 110 Å². The van der Waals surface area contributed by atoms with Crippen molar-refractivity contribution in [2.75, 3.05) is 158 Å². The third-order valence-corrected chi connectivity index (χ3v) is 18.8. The van der Waals surface area contributed by atoms with Gasteiger partial charge in [0.25, 0.3) is 0 Å². The van der Waals surface area contributed by atoms with Crippen molar-refractivity contribution in [3.05, 3.63) is 124 Å². The van der Waals surface area contributed by atoms with Gasteiger partial charge in [0.1, 0.15) is 117 Å². The molecule has 2 atom stereocenters. The van der Waals surface area contributed by atoms with Crippen LogP contribution in [0.3, 0.4) is 0 Å². The summed E-state index contributed by atoms with van der Waals surface area (Å²) in [6.07, 6.45) is 12.4. The second-order valence-electron chi connectivity index (χ2n) is 26.7. The van der Waals surface area contributed by atoms with E-state index in [9.17, 15) is 58.9 Å². The molecule has 5 aliphatic heterocycles. The zero-order chi connectivity index (χ0) is 77.7. The Bertz CT molecular complexity index is 4290. The summed E-state index contributed by atoms with van der Waals surface area (Å²) in [5.74, 6) is 2.35. The van der Waals surface area contributed by atoms with Crippen molar-refractivity contribution in [1.29, 1.82) is 15.8 Å². The second-order valence-corrected chi connectivity index (χ2v) is 26.7. The number of anilines is 6. The minimum Gasteiger partial charge on any atom is -0.489 e. The summed E-state index contributed by atoms with van der Waals surface area (Å²) in [5.41, 5.74) is 3.11. The fourth-order valence-corrected chi connectivity index (χ4v) is 12.2. The highest BCUT2D eigenvalue weighted by Gasteiger charge is 2.29. The Morgan fingerprint density at radius 3 is 1.23 bits per heavy atom. The van der Waals surface area contributed by atoms with Crippen LogP contribution in [-0.2, 0) is 43.5 Å². The summed E-state index contributed by atoms with van der Waals surface area (Å²) in [7, 11) is 10.2. The number of hydrogen-bond acceptors (Lipinski definition) is 26. The van der Waals surface area contributed by atoms with E-state index in [0.717, 1.165) is 58.2 Å². The first-order chi connectivity index (χ1) is 52.6. The molecule has 35 heteroatoms. The van der Waals surface area contributed by atoms with Gasteiger partial charge in [0.05, 0.1) is 63.6 Å². The van der Waals surface area contributed by atoms with Crippen LogP contribution in [0.4, 0.5) is 49.3 Å². The zero-order valence-corrected chi connectivity index (χ0v) is 61.4. The molecule has 6 aromatic rings. The summed E-state index contributed by atoms with van der Waals surface area (Å²) < 4.78 is 28.4. The minimum atomic E-state index is -0.548. The molecule has 0 bridgehead atoms. The molecular formula is C74H85N21O14. The van der Waals surface area contributed by atoms with Crippen molar-refractivity contribution < 1.29 is 66.8 Å². The molecule has 11 heterocycles. The fraction of sp³-hybridized carbons (Fsp3) is 0.432. The Morgan fingerprint density at radius 1 is 0.514 bits per heavy atom. The highest BCUT2D eigenvalue weighted by molar-refractivity contribution is 6.02. The van der Waals surface area contributed by atoms with Crippen LogP contribution in [0, 0.1) is 34.0 Å². The fourth-order valence-electron chi connectivity index (χ4n) is 12.2. The van der Waals surface area contributed by atoms with Crippen LogP contribution in [0.5, 0.6) is 17.2 Å². The van der Waals surface area contributed by atoms with Crippen molar-refractivity contribution in [3.63, 3.8) is 0 Å². The number of aldehydes is 3. The molecule has 3 N–H and O–H groups in total. The number of hydrogen-bond donors (Lipinski definition) is 3. The lowest BCUT2D eigenvalue weighted by molar-refractivity contribution is -0.136. The van der Waals surface area contributed by atoms with Gasteiger partial charge in [-0.2, -0.15) is 15.8 Å². The molecule has 1 aliphatic carbocycles. The minimum absolute atomic E-state index is 0.00707. The normalized spacial score (nSPS) is 17.4. The number of ether oxygens (including phenoxy) is 5. The predicted octanol–water partition coefficient (Wildman–Crippen LogP) is 5.36. The van der Waals surface area contributed by atoms with E-state index >= 15 is 0 Å². The summed E-state index contributed by atoms with van der Waals surface area (Å²) in [4.78, 5) is 151. The van der Waals surface area contributed by atoms with Gasteiger partial charge in [-0.15, -0.1) is 0 Å². The molecule has 6 aliphatic rings. The maximum Gasteiger partial charge on any atom is 0.328 e. The van der Waals surface area contributed by atoms with Crippen LogP contribution < -0.4 is 44.9 Å². The van der Waals surface area contributed by atoms with Crippen molar-refractivity contribution in [2.24, 2.45) is 0 Å². The smallest absolute Gasteiger partial charge is 0.328 e. The maximum absolute atomic E-state index is 12.9. The maximum atomic E-state index is 12.9. The average molecular weight is 1490 g/mol. The van der Waals surface area contributed by atoms with E-state index in [0.29, 0.717) is 130 Å². The lowest BCUT2D eigenvalue weighted by Crippen LogP contribution is -2.48. The third-order valence-electron chi connectivity index (χ3n) is 18.8. The SMILES string of the molecule is CN1CCN(Cc2ccc(N(C)C(=O)Nc3cc(OC4CCCC4)c(C#N)cn3)nc2C=O)C(=O)C1.CN1CCN(Cc2ccc(N(C)C(=O)Nc3cc(OC4CCOC4)c(C#N)cn3)nc2C=O)C(=O)C1.CN1CCN(Cc2ccc(N(C)C(=O)Nc3cc(OCC4CCCO4)c(C#N)cn3)nc2C=O)C(=O)C1. The van der Waals surface area contributed by atoms with Gasteiger partial charge in [-0.1, -0.05) is 18.2 Å². The average Bonchev–Trinajstić information content (AvgIpc) is 1.88. The van der Waals surface area contributed by atoms with Crippen LogP contribution in [0.15, 0.2) is 73.2 Å². The van der Waals surface area contributed by atoms with Gasteiger partial charge in [0.15, 0.2) is 18.9 Å². The van der Waals surface area contributed by atoms with E-state index in [1.807, 2.05) is 48.0 Å². The van der Waals surface area contributed by atoms with Gasteiger partial charge in [-0.25, -0.2) is 44.3 Å². The van der Waals surface area contributed by atoms with Crippen molar-refractivity contribution in [1.82, 2.24) is 59.3 Å². The molecule has 570 valence electrons. The van der Waals surface area contributed by atoms with Crippen LogP contribution in [-0.4, -0.2) is 260 Å². The Hall–Kier alpha value is -12.2. The molecular weight excluding hydrogens is 1410 g/mol. The highest BCUT2D eigenvalue weighted by atomic mass is 16.5. The lowest BCUT2D eigenvalue weighted by Gasteiger charge is -2.32. The summed E-state index contributed by atoms with van der Waals surface area (Å²) in [6, 6.07) is 19.0. The summed E-state index contributed by atoms with van der Waals surface area (Å²) in [6.45, 7) is 7.79. The van der Waals surface area contributed by atoms with E-state index < -0.39 is 18.1 Å². The number of urea groups is 3. The monoisotopic (exact) mass is 1490 g/mol. The van der Waals surface area contributed by atoms with Crippen molar-refractivity contribution >= 4 is 89.6 Å². The lowest BCUT2D eigenvalue weighted by atomic mass is 10.1. The number of likely N-dealkylation sites (N-methyl/N-ethyl adjacent to an activating group) is 3. The van der Waals surface area contributed by atoms with E-state index in [1.165, 1.54) is 66.6 Å². The Labute approximate surface area is 629 Å². The standard InChI is InChI=1S/C25H29N7O5.C25H29N7O4.C24H27N7O5/c1-30-7-8-32(24(34)14-30)13-17-5-6-23(28-20(17)15-33)31(2)25(35)29-22-10-21(18(11-26)12-27-22)37-16-19-4-3-9-36-19;1-30-9-10-32(24(34)15-30)14-17-7-8-23(28-20(17)16-33)31(2)25(35)29-22-11-21(18(12-26)13-27-22)36-19-5-3-4-6-19;1-29-6-7-31(23(33)13-29)12-16-3-4-22(27-19(16)14-32)30(2)24(34)28-21-9-20(17(10-25)11-26-21)36-18-5-8-35-15-18/h5-6,10,12,15,19H,3-4,7-9,13-14,16H2,1-2H3,(H,27,29,35);7-8,11,13,16,19H,3-6,9-10,14-15H2,1-2H3,(H,27,29,35);3-4,9,11,14,18H,5-8,12-13,15H2,1-2H3,(H,26,28,34). The van der Waals surface area contributed by atoms with E-state index in [1.54, 1.807) is 57.2 Å². The third kappa shape index (κ3) is 21.3. The van der Waals surface area contributed by atoms with E-state index in [2.05, 4.69) is 51.9 Å². The van der Waals surface area contributed by atoms with E-state index in [4.69, 9.17) is 23.7 Å². The highest BCUT2D eigenvalue weighted by Crippen LogP contribution is 2.31. The second kappa shape index (κ2) is 37.9. The number of nitriles is 3. The first kappa shape index (κ1) is 79.4. The summed E-state index contributed by atoms with van der Waals surface area (Å²) >= 11 is 0. The Balaban J connectivity index is 0.000000174. The van der Waals surface area contributed by atoms with Crippen molar-refractivity contribution in [2.45, 2.75) is 82.9 Å². The number of piperazine rings is 3. The summed E-state index contributed by atoms with van der Waals surface area (Å²) in [5, 5.41) is 36.1. The van der Waals surface area contributed by atoms with Gasteiger partial charge in [0.2, 0.25) is 17.7 Å². The number of rotatable bonds is 22. The molecule has 6 aromatic heterocycles. The van der Waals surface area contributed by atoms with Crippen LogP contribution >= 0.6 is 0 Å². The Kier molecular flexibility index (Phi) is 27.6. The molecule has 0 aromatic carbocycles. The quantitative estimate of drug-likeness (QED) is 0.0720. The first-order valence-corrected chi connectivity index (χ1v) is 35.4. The largest absolute Gasteiger partial charge is 0.489 e. The molecule has 109 heavy (non-hydrogen) atoms. The predicted molar refractivity (Wildman–Crippen MR) is 394 cm³/mol. The van der Waals surface area contributed by atoms with Crippen LogP contribution in [0.2, 0.25) is 0 Å². The molecule has 6 fully saturated rings. The molecule has 0 spiro atoms. The van der Waals surface area contributed by atoms with Gasteiger partial charge < -0.3 is 38.4 Å². The number of pyridine rings is 6. The number of carbonyl (C=O) groups excluding carboxylic acids is 9. The van der Waals surface area contributed by atoms with Gasteiger partial charge >= 0.3 is 18.1 Å². The number of nitrogens with zero attached hydrogens (tertiary/aromatic N) is 18. The molecule has 0 radical (unpaired) electrons. The Morgan fingerprint density at radius 2 is 0.890 bits per heavy atom. The van der Waals surface area contributed by atoms with E-state index in [-0.39, 0.29) is 119 Å². The first-order valence-electron chi connectivity index (χ1n) is 35.4. The topological polar surface area (TPSA) is 414 Å². The zero-order valence-electron chi connectivity index (χ0n) is 61.4. The number of nitrogens with one attached hydrogen (secondary N) is 3. The van der Waals surface area contributed by atoms with Crippen molar-refractivity contribution in [3.8, 4) is 35.5 Å². The molecule has 12 rings (SSSR count). The number of amides is 9. The van der Waals surface area contributed by atoms with Gasteiger partial charge in [-0.3, -0.25) is 74.1 Å². The van der Waals surface area contributed by atoms with Crippen LogP contribution in [0.25, 0.3) is 0 Å². The molecule has 2 unspecified atom stereocenters. The number of aromatic nitrogens is 6. The molecule has 5 saturated heterocycles.